The third kappa shape index (κ3) is 2.35. The first-order valence-corrected chi connectivity index (χ1v) is 5.89. The van der Waals surface area contributed by atoms with Crippen molar-refractivity contribution in [1.82, 2.24) is 0 Å². The molecule has 1 fully saturated rings. The van der Waals surface area contributed by atoms with Crippen molar-refractivity contribution in [1.29, 1.82) is 5.41 Å². The number of nitrogens with two attached hydrogens (primary N) is 1. The Hall–Kier alpha value is -1.71. The van der Waals surface area contributed by atoms with Crippen LogP contribution < -0.4 is 15.4 Å². The standard InChI is InChI=1S/C13H19N3O/c1-9-5-6-16(8-9)12-7-10(17-2)3-4-11(12)13(14)15/h3-4,7,9H,5-6,8H2,1-2H3,(H3,14,15). The van der Waals surface area contributed by atoms with E-state index in [4.69, 9.17) is 15.9 Å². The van der Waals surface area contributed by atoms with Crippen LogP contribution in [0.25, 0.3) is 0 Å². The lowest BCUT2D eigenvalue weighted by Crippen LogP contribution is -2.24. The Balaban J connectivity index is 2.38. The minimum atomic E-state index is 0.113. The summed E-state index contributed by atoms with van der Waals surface area (Å²) in [6, 6.07) is 5.67. The van der Waals surface area contributed by atoms with Crippen molar-refractivity contribution in [2.24, 2.45) is 11.7 Å². The molecular formula is C13H19N3O. The highest BCUT2D eigenvalue weighted by Gasteiger charge is 2.22. The van der Waals surface area contributed by atoms with Crippen molar-refractivity contribution in [3.63, 3.8) is 0 Å². The lowest BCUT2D eigenvalue weighted by Gasteiger charge is -2.22. The maximum absolute atomic E-state index is 7.63. The van der Waals surface area contributed by atoms with E-state index < -0.39 is 0 Å². The van der Waals surface area contributed by atoms with Crippen LogP contribution in [-0.4, -0.2) is 26.0 Å². The largest absolute Gasteiger partial charge is 0.497 e. The number of nitrogen functional groups attached to an aromatic ring is 1. The third-order valence-corrected chi connectivity index (χ3v) is 3.26. The number of nitrogens with one attached hydrogen (secondary N) is 1. The molecule has 1 aliphatic heterocycles. The van der Waals surface area contributed by atoms with Crippen molar-refractivity contribution in [3.05, 3.63) is 23.8 Å². The molecule has 1 atom stereocenters. The summed E-state index contributed by atoms with van der Waals surface area (Å²) >= 11 is 0. The van der Waals surface area contributed by atoms with Crippen LogP contribution in [0.2, 0.25) is 0 Å². The molecule has 4 heteroatoms. The highest BCUT2D eigenvalue weighted by atomic mass is 16.5. The van der Waals surface area contributed by atoms with Gasteiger partial charge in [-0.2, -0.15) is 0 Å². The number of anilines is 1. The van der Waals surface area contributed by atoms with Gasteiger partial charge in [0, 0.05) is 24.7 Å². The van der Waals surface area contributed by atoms with Gasteiger partial charge in [-0.25, -0.2) is 0 Å². The van der Waals surface area contributed by atoms with Gasteiger partial charge in [0.05, 0.1) is 12.8 Å². The van der Waals surface area contributed by atoms with Gasteiger partial charge in [-0.05, 0) is 24.5 Å². The summed E-state index contributed by atoms with van der Waals surface area (Å²) < 4.78 is 5.24. The van der Waals surface area contributed by atoms with Gasteiger partial charge in [0.15, 0.2) is 0 Å². The zero-order valence-corrected chi connectivity index (χ0v) is 10.4. The van der Waals surface area contributed by atoms with E-state index in [0.29, 0.717) is 5.92 Å². The Morgan fingerprint density at radius 1 is 1.53 bits per heavy atom. The van der Waals surface area contributed by atoms with Gasteiger partial charge in [0.25, 0.3) is 0 Å². The second kappa shape index (κ2) is 4.65. The van der Waals surface area contributed by atoms with E-state index in [1.807, 2.05) is 18.2 Å². The van der Waals surface area contributed by atoms with Crippen LogP contribution in [0.3, 0.4) is 0 Å². The summed E-state index contributed by atoms with van der Waals surface area (Å²) in [6.07, 6.45) is 1.19. The fraction of sp³-hybridized carbons (Fsp3) is 0.462. The van der Waals surface area contributed by atoms with Crippen molar-refractivity contribution in [3.8, 4) is 5.75 Å². The molecule has 92 valence electrons. The number of benzene rings is 1. The van der Waals surface area contributed by atoms with E-state index in [2.05, 4.69) is 11.8 Å². The molecule has 0 amide bonds. The predicted molar refractivity (Wildman–Crippen MR) is 70.0 cm³/mol. The lowest BCUT2D eigenvalue weighted by atomic mass is 10.1. The molecule has 0 aliphatic carbocycles. The average Bonchev–Trinajstić information content (AvgIpc) is 2.75. The number of amidine groups is 1. The first-order chi connectivity index (χ1) is 8.11. The van der Waals surface area contributed by atoms with Crippen LogP contribution in [0.5, 0.6) is 5.75 Å². The fourth-order valence-corrected chi connectivity index (χ4v) is 2.28. The maximum Gasteiger partial charge on any atom is 0.124 e. The van der Waals surface area contributed by atoms with Crippen molar-refractivity contribution >= 4 is 11.5 Å². The SMILES string of the molecule is COc1ccc(C(=N)N)c(N2CCC(C)C2)c1. The molecule has 4 nitrogen and oxygen atoms in total. The van der Waals surface area contributed by atoms with Crippen LogP contribution in [0.1, 0.15) is 18.9 Å². The minimum absolute atomic E-state index is 0.113. The second-order valence-corrected chi connectivity index (χ2v) is 4.64. The molecule has 1 heterocycles. The normalized spacial score (nSPS) is 19.4. The van der Waals surface area contributed by atoms with E-state index in [9.17, 15) is 0 Å². The maximum atomic E-state index is 7.63. The molecule has 1 saturated heterocycles. The summed E-state index contributed by atoms with van der Waals surface area (Å²) in [6.45, 7) is 4.29. The molecule has 3 N–H and O–H groups in total. The smallest absolute Gasteiger partial charge is 0.124 e. The second-order valence-electron chi connectivity index (χ2n) is 4.64. The molecule has 1 unspecified atom stereocenters. The highest BCUT2D eigenvalue weighted by Crippen LogP contribution is 2.30. The molecule has 17 heavy (non-hydrogen) atoms. The summed E-state index contributed by atoms with van der Waals surface area (Å²) in [5.74, 6) is 1.62. The quantitative estimate of drug-likeness (QED) is 0.618. The van der Waals surface area contributed by atoms with Gasteiger partial charge in [-0.3, -0.25) is 5.41 Å². The van der Waals surface area contributed by atoms with Crippen molar-refractivity contribution < 1.29 is 4.74 Å². The number of methoxy groups -OCH3 is 1. The molecule has 0 radical (unpaired) electrons. The zero-order valence-electron chi connectivity index (χ0n) is 10.4. The van der Waals surface area contributed by atoms with Crippen LogP contribution in [0.15, 0.2) is 18.2 Å². The Bertz CT molecular complexity index is 431. The Morgan fingerprint density at radius 2 is 2.29 bits per heavy atom. The average molecular weight is 233 g/mol. The predicted octanol–water partition coefficient (Wildman–Crippen LogP) is 1.83. The van der Waals surface area contributed by atoms with Crippen molar-refractivity contribution in [2.75, 3.05) is 25.1 Å². The van der Waals surface area contributed by atoms with E-state index in [0.717, 1.165) is 30.1 Å². The van der Waals surface area contributed by atoms with Crippen LogP contribution in [0, 0.1) is 11.3 Å². The van der Waals surface area contributed by atoms with Gasteiger partial charge in [-0.15, -0.1) is 0 Å². The Morgan fingerprint density at radius 3 is 2.82 bits per heavy atom. The summed E-state index contributed by atoms with van der Waals surface area (Å²) in [5, 5.41) is 7.63. The van der Waals surface area contributed by atoms with Gasteiger partial charge in [-0.1, -0.05) is 6.92 Å². The Kier molecular flexibility index (Phi) is 3.22. The first kappa shape index (κ1) is 11.8. The number of ether oxygens (including phenoxy) is 1. The molecular weight excluding hydrogens is 214 g/mol. The molecule has 1 aromatic rings. The van der Waals surface area contributed by atoms with E-state index in [1.54, 1.807) is 7.11 Å². The van der Waals surface area contributed by atoms with Crippen LogP contribution in [0.4, 0.5) is 5.69 Å². The van der Waals surface area contributed by atoms with Crippen LogP contribution in [-0.2, 0) is 0 Å². The topological polar surface area (TPSA) is 62.3 Å². The number of hydrogen-bond acceptors (Lipinski definition) is 3. The summed E-state index contributed by atoms with van der Waals surface area (Å²) in [5.41, 5.74) is 7.43. The van der Waals surface area contributed by atoms with Gasteiger partial charge in [0.1, 0.15) is 11.6 Å². The third-order valence-electron chi connectivity index (χ3n) is 3.26. The molecule has 1 aliphatic rings. The van der Waals surface area contributed by atoms with E-state index >= 15 is 0 Å². The lowest BCUT2D eigenvalue weighted by molar-refractivity contribution is 0.415. The molecule has 0 saturated carbocycles. The number of nitrogens with zero attached hydrogens (tertiary/aromatic N) is 1. The molecule has 0 aromatic heterocycles. The summed E-state index contributed by atoms with van der Waals surface area (Å²) in [4.78, 5) is 2.28. The highest BCUT2D eigenvalue weighted by molar-refractivity contribution is 6.00. The van der Waals surface area contributed by atoms with E-state index in [-0.39, 0.29) is 5.84 Å². The van der Waals surface area contributed by atoms with Gasteiger partial charge in [0.2, 0.25) is 0 Å². The number of rotatable bonds is 3. The monoisotopic (exact) mass is 233 g/mol. The number of hydrogen-bond donors (Lipinski definition) is 2. The summed E-state index contributed by atoms with van der Waals surface area (Å²) in [7, 11) is 1.65. The molecule has 1 aromatic carbocycles. The van der Waals surface area contributed by atoms with Crippen molar-refractivity contribution in [2.45, 2.75) is 13.3 Å². The van der Waals surface area contributed by atoms with Gasteiger partial charge < -0.3 is 15.4 Å². The fourth-order valence-electron chi connectivity index (χ4n) is 2.28. The zero-order chi connectivity index (χ0) is 12.4. The molecule has 2 rings (SSSR count). The van der Waals surface area contributed by atoms with Crippen LogP contribution >= 0.6 is 0 Å². The molecule has 0 bridgehead atoms. The first-order valence-electron chi connectivity index (χ1n) is 5.89. The van der Waals surface area contributed by atoms with E-state index in [1.165, 1.54) is 6.42 Å². The Labute approximate surface area is 102 Å². The minimum Gasteiger partial charge on any atom is -0.497 e. The van der Waals surface area contributed by atoms with Gasteiger partial charge >= 0.3 is 0 Å². The molecule has 0 spiro atoms.